The van der Waals surface area contributed by atoms with Gasteiger partial charge in [0.2, 0.25) is 0 Å². The van der Waals surface area contributed by atoms with E-state index in [9.17, 15) is 0 Å². The van der Waals surface area contributed by atoms with Gasteiger partial charge in [-0.15, -0.1) is 0 Å². The molecule has 0 saturated carbocycles. The summed E-state index contributed by atoms with van der Waals surface area (Å²) in [6.07, 6.45) is 0. The first-order valence-corrected chi connectivity index (χ1v) is 30.3. The van der Waals surface area contributed by atoms with Crippen LogP contribution in [-0.4, -0.2) is 0 Å². The second-order valence-electron chi connectivity index (χ2n) is 31.0. The van der Waals surface area contributed by atoms with Gasteiger partial charge >= 0.3 is 0 Å². The van der Waals surface area contributed by atoms with Crippen LogP contribution in [0.5, 0.6) is 0 Å². The van der Waals surface area contributed by atoms with E-state index in [1.54, 1.807) is 33.4 Å². The Morgan fingerprint density at radius 1 is 0.189 bits per heavy atom. The third-order valence-electron chi connectivity index (χ3n) is 23.8. The quantitative estimate of drug-likeness (QED) is 0.101. The van der Waals surface area contributed by atoms with Crippen molar-refractivity contribution in [1.82, 2.24) is 0 Å². The summed E-state index contributed by atoms with van der Waals surface area (Å²) in [6, 6.07) is 0. The third-order valence-corrected chi connectivity index (χ3v) is 23.8. The van der Waals surface area contributed by atoms with E-state index in [2.05, 4.69) is 318 Å². The summed E-state index contributed by atoms with van der Waals surface area (Å²) in [5, 5.41) is 0. The summed E-state index contributed by atoms with van der Waals surface area (Å²) >= 11 is 0. The van der Waals surface area contributed by atoms with Crippen LogP contribution in [-0.2, 0) is 0 Å². The molecule has 2 atom stereocenters. The van der Waals surface area contributed by atoms with Crippen LogP contribution in [0, 0.1) is 90.7 Å². The van der Waals surface area contributed by atoms with Crippen LogP contribution < -0.4 is 0 Å². The van der Waals surface area contributed by atoms with Crippen molar-refractivity contribution in [2.45, 2.75) is 318 Å². The zero-order valence-corrected chi connectivity index (χ0v) is 60.6. The summed E-state index contributed by atoms with van der Waals surface area (Å²) < 4.78 is 0. The van der Waals surface area contributed by atoms with Gasteiger partial charge in [-0.05, 0) is 213 Å². The molecule has 2 unspecified atom stereocenters. The van der Waals surface area contributed by atoms with Gasteiger partial charge in [-0.3, -0.25) is 0 Å². The Morgan fingerprint density at radius 2 is 0.338 bits per heavy atom. The van der Waals surface area contributed by atoms with Crippen LogP contribution >= 0.6 is 0 Å². The highest BCUT2D eigenvalue weighted by Gasteiger charge is 2.47. The minimum atomic E-state index is 0.278. The predicted octanol–water partition coefficient (Wildman–Crippen LogP) is 26.4. The summed E-state index contributed by atoms with van der Waals surface area (Å²) in [4.78, 5) is 0. The maximum atomic E-state index is 2.44. The van der Waals surface area contributed by atoms with Gasteiger partial charge in [0.25, 0.3) is 0 Å². The SMILES string of the molecule is C/C(=C(/C)C(C)(C)C(C)C)C(C)(C)C(C)C.C/C(=C(\C)C(C)(C)C(C)C)C(C)(C)C(C)C.CC(C)=C(C)C(C)(C(C)C)C(C)(C)C(C)C.CC(C)=C(C)C(C)(C(C)C)C(C)(C)C(C)C.CC(C)=C(C)C(C)=C(C)C. The average molecular weight is 1040 g/mol. The molecule has 0 heterocycles. The highest BCUT2D eigenvalue weighted by atomic mass is 14.5. The van der Waals surface area contributed by atoms with Crippen molar-refractivity contribution in [3.63, 3.8) is 0 Å². The summed E-state index contributed by atoms with van der Waals surface area (Å²) in [5.41, 5.74) is 20.5. The molecule has 0 bridgehead atoms. The van der Waals surface area contributed by atoms with Gasteiger partial charge in [0, 0.05) is 0 Å². The Labute approximate surface area is 473 Å². The maximum Gasteiger partial charge on any atom is -0.00402 e. The molecule has 0 amide bonds. The van der Waals surface area contributed by atoms with Crippen molar-refractivity contribution in [2.75, 3.05) is 0 Å². The normalized spacial score (nSPS) is 15.2. The molecular formula is C74H146. The first-order valence-electron chi connectivity index (χ1n) is 30.3. The van der Waals surface area contributed by atoms with Crippen molar-refractivity contribution >= 4 is 0 Å². The van der Waals surface area contributed by atoms with Crippen LogP contribution in [0.15, 0.2) is 66.9 Å². The van der Waals surface area contributed by atoms with Crippen molar-refractivity contribution in [3.05, 3.63) is 66.9 Å². The lowest BCUT2D eigenvalue weighted by atomic mass is 9.53. The minimum absolute atomic E-state index is 0.278. The van der Waals surface area contributed by atoms with Crippen molar-refractivity contribution in [1.29, 1.82) is 0 Å². The van der Waals surface area contributed by atoms with Crippen molar-refractivity contribution in [3.8, 4) is 0 Å². The molecule has 0 aromatic carbocycles. The van der Waals surface area contributed by atoms with E-state index in [4.69, 9.17) is 0 Å². The topological polar surface area (TPSA) is 0 Å². The van der Waals surface area contributed by atoms with Gasteiger partial charge in [-0.2, -0.15) is 0 Å². The largest absolute Gasteiger partial charge is 0.0769 e. The molecular weight excluding hydrogens is 889 g/mol. The third kappa shape index (κ3) is 20.6. The lowest BCUT2D eigenvalue weighted by Gasteiger charge is -2.51. The number of rotatable bonds is 17. The summed E-state index contributed by atoms with van der Waals surface area (Å²) in [5.74, 6) is 5.45. The number of allylic oxidation sites excluding steroid dienone is 12. The molecule has 0 heteroatoms. The van der Waals surface area contributed by atoms with E-state index in [1.807, 2.05) is 0 Å². The molecule has 0 nitrogen and oxygen atoms in total. The minimum Gasteiger partial charge on any atom is -0.0769 e. The standard InChI is InChI=1S/4C16H32.C10H18/c2*1-11(2)15(7,8)13(5)14(6)16(9,10)12(3)4;2*1-11(2)14(7)16(10,13(5)6)15(8,9)12(3)4;1-7(2)9(5)10(6)8(3)4/h2*11-12H,1-10H3;2*12-13H,1-10H3;1-6H3/b14-13+;14-13-;;;. The Bertz CT molecular complexity index is 1660. The van der Waals surface area contributed by atoms with E-state index in [0.717, 1.165) is 0 Å². The zero-order valence-electron chi connectivity index (χ0n) is 60.6. The van der Waals surface area contributed by atoms with Crippen LogP contribution in [0.4, 0.5) is 0 Å². The van der Waals surface area contributed by atoms with E-state index < -0.39 is 0 Å². The number of hydrogen-bond acceptors (Lipinski definition) is 0. The molecule has 0 fully saturated rings. The van der Waals surface area contributed by atoms with Crippen LogP contribution in [0.2, 0.25) is 0 Å². The Balaban J connectivity index is -0.000000270. The molecule has 0 spiro atoms. The highest BCUT2D eigenvalue weighted by Crippen LogP contribution is 2.56. The molecule has 0 rings (SSSR count). The Kier molecular flexibility index (Phi) is 34.4. The fourth-order valence-electron chi connectivity index (χ4n) is 9.97. The van der Waals surface area contributed by atoms with Gasteiger partial charge in [0.15, 0.2) is 0 Å². The van der Waals surface area contributed by atoms with Gasteiger partial charge in [0.1, 0.15) is 0 Å². The molecule has 0 aliphatic heterocycles. The van der Waals surface area contributed by atoms with Gasteiger partial charge < -0.3 is 0 Å². The van der Waals surface area contributed by atoms with E-state index >= 15 is 0 Å². The lowest BCUT2D eigenvalue weighted by molar-refractivity contribution is 0.0292. The molecule has 0 aliphatic rings. The predicted molar refractivity (Wildman–Crippen MR) is 351 cm³/mol. The van der Waals surface area contributed by atoms with E-state index in [-0.39, 0.29) is 10.8 Å². The molecule has 0 radical (unpaired) electrons. The molecule has 0 saturated heterocycles. The van der Waals surface area contributed by atoms with Gasteiger partial charge in [-0.1, -0.05) is 263 Å². The molecule has 442 valence electrons. The zero-order chi connectivity index (χ0) is 61.5. The smallest absolute Gasteiger partial charge is 0.00402 e. The fourth-order valence-corrected chi connectivity index (χ4v) is 9.97. The lowest BCUT2D eigenvalue weighted by Crippen LogP contribution is -2.44. The first-order chi connectivity index (χ1) is 32.3. The Hall–Kier alpha value is -1.56. The first kappa shape index (κ1) is 81.3. The fraction of sp³-hybridized carbons (Fsp3) is 0.838. The second kappa shape index (κ2) is 31.3. The molecule has 0 aliphatic carbocycles. The second-order valence-corrected chi connectivity index (χ2v) is 31.0. The molecule has 0 N–H and O–H groups in total. The molecule has 0 aromatic rings. The van der Waals surface area contributed by atoms with Gasteiger partial charge in [0.05, 0.1) is 0 Å². The van der Waals surface area contributed by atoms with Crippen LogP contribution in [0.3, 0.4) is 0 Å². The van der Waals surface area contributed by atoms with Crippen LogP contribution in [0.25, 0.3) is 0 Å². The monoisotopic (exact) mass is 1040 g/mol. The highest BCUT2D eigenvalue weighted by molar-refractivity contribution is 5.33. The number of hydrogen-bond donors (Lipinski definition) is 0. The summed E-state index contributed by atoms with van der Waals surface area (Å²) in [6.45, 7) is 107. The van der Waals surface area contributed by atoms with Crippen molar-refractivity contribution < 1.29 is 0 Å². The van der Waals surface area contributed by atoms with Gasteiger partial charge in [-0.25, -0.2) is 0 Å². The Morgan fingerprint density at radius 3 is 0.419 bits per heavy atom. The van der Waals surface area contributed by atoms with Crippen molar-refractivity contribution in [2.24, 2.45) is 90.7 Å². The van der Waals surface area contributed by atoms with E-state index in [1.165, 1.54) is 33.4 Å². The molecule has 74 heavy (non-hydrogen) atoms. The van der Waals surface area contributed by atoms with E-state index in [0.29, 0.717) is 79.8 Å². The van der Waals surface area contributed by atoms with Crippen LogP contribution in [0.1, 0.15) is 318 Å². The maximum absolute atomic E-state index is 2.44. The average Bonchev–Trinajstić information content (AvgIpc) is 3.25. The molecule has 0 aromatic heterocycles. The summed E-state index contributed by atoms with van der Waals surface area (Å²) in [7, 11) is 0.